The van der Waals surface area contributed by atoms with E-state index >= 15 is 0 Å². The third kappa shape index (κ3) is 8.42. The lowest BCUT2D eigenvalue weighted by Crippen LogP contribution is -2.31. The highest BCUT2D eigenvalue weighted by molar-refractivity contribution is 5.95. The number of aromatic hydroxyl groups is 2. The van der Waals surface area contributed by atoms with Gasteiger partial charge in [0.15, 0.2) is 0 Å². The molecule has 2 aromatic rings. The van der Waals surface area contributed by atoms with Gasteiger partial charge in [-0.25, -0.2) is 9.59 Å². The number of hydrogen-bond donors (Lipinski definition) is 2. The average molecular weight is 561 g/mol. The van der Waals surface area contributed by atoms with E-state index in [4.69, 9.17) is 28.4 Å². The first-order valence-corrected chi connectivity index (χ1v) is 12.6. The van der Waals surface area contributed by atoms with Gasteiger partial charge in [-0.1, -0.05) is 0 Å². The second-order valence-electron chi connectivity index (χ2n) is 9.01. The summed E-state index contributed by atoms with van der Waals surface area (Å²) in [6.07, 6.45) is 1.30. The van der Waals surface area contributed by atoms with Crippen molar-refractivity contribution >= 4 is 23.9 Å². The van der Waals surface area contributed by atoms with Gasteiger partial charge in [-0.15, -0.1) is 0 Å². The molecule has 1 saturated carbocycles. The fourth-order valence-electron chi connectivity index (χ4n) is 4.07. The van der Waals surface area contributed by atoms with Gasteiger partial charge in [0.25, 0.3) is 0 Å². The lowest BCUT2D eigenvalue weighted by atomic mass is 9.82. The van der Waals surface area contributed by atoms with Gasteiger partial charge in [0, 0.05) is 14.2 Å². The lowest BCUT2D eigenvalue weighted by Gasteiger charge is -2.26. The van der Waals surface area contributed by atoms with Crippen LogP contribution in [0.2, 0.25) is 0 Å². The molecule has 12 nitrogen and oxygen atoms in total. The molecule has 0 heterocycles. The van der Waals surface area contributed by atoms with Crippen molar-refractivity contribution in [3.63, 3.8) is 0 Å². The molecule has 0 amide bonds. The molecule has 0 radical (unpaired) electrons. The van der Waals surface area contributed by atoms with Gasteiger partial charge in [-0.3, -0.25) is 9.59 Å². The zero-order valence-corrected chi connectivity index (χ0v) is 22.3. The van der Waals surface area contributed by atoms with Gasteiger partial charge in [0.2, 0.25) is 0 Å². The molecule has 0 bridgehead atoms. The van der Waals surface area contributed by atoms with E-state index in [9.17, 15) is 29.4 Å². The molecule has 0 spiro atoms. The number of rotatable bonds is 12. The normalized spacial score (nSPS) is 16.6. The van der Waals surface area contributed by atoms with Crippen molar-refractivity contribution in [2.45, 2.75) is 25.7 Å². The first kappa shape index (κ1) is 30.4. The van der Waals surface area contributed by atoms with Gasteiger partial charge in [-0.2, -0.15) is 0 Å². The van der Waals surface area contributed by atoms with Crippen molar-refractivity contribution < 1.29 is 57.8 Å². The topological polar surface area (TPSA) is 164 Å². The Morgan fingerprint density at radius 2 is 1.02 bits per heavy atom. The first-order chi connectivity index (χ1) is 19.2. The van der Waals surface area contributed by atoms with Crippen LogP contribution in [0.5, 0.6) is 23.0 Å². The number of hydrogen-bond acceptors (Lipinski definition) is 12. The number of carbonyl (C=O) groups is 4. The van der Waals surface area contributed by atoms with Crippen LogP contribution in [0.15, 0.2) is 36.4 Å². The van der Waals surface area contributed by atoms with Crippen molar-refractivity contribution in [1.82, 2.24) is 0 Å². The van der Waals surface area contributed by atoms with Crippen LogP contribution < -0.4 is 9.47 Å². The standard InChI is InChI=1S/C28H32O12/c1-35-11-13-37-27(33)21-15-19(29)7-9-23(21)39-25(31)17-3-5-18(6-4-17)26(32)40-24-10-8-20(30)16-22(24)28(34)38-14-12-36-2/h7-10,15-18,29-30H,3-6,11-14H2,1-2H3. The molecular weight excluding hydrogens is 528 g/mol. The van der Waals surface area contributed by atoms with Crippen molar-refractivity contribution in [2.24, 2.45) is 11.8 Å². The Balaban J connectivity index is 1.58. The Morgan fingerprint density at radius 1 is 0.650 bits per heavy atom. The second-order valence-corrected chi connectivity index (χ2v) is 9.01. The highest BCUT2D eigenvalue weighted by Gasteiger charge is 2.33. The van der Waals surface area contributed by atoms with Crippen LogP contribution in [0, 0.1) is 11.8 Å². The molecule has 0 atom stereocenters. The summed E-state index contributed by atoms with van der Waals surface area (Å²) >= 11 is 0. The van der Waals surface area contributed by atoms with Crippen molar-refractivity contribution in [1.29, 1.82) is 0 Å². The van der Waals surface area contributed by atoms with Crippen LogP contribution in [0.4, 0.5) is 0 Å². The van der Waals surface area contributed by atoms with Crippen LogP contribution >= 0.6 is 0 Å². The van der Waals surface area contributed by atoms with Crippen molar-refractivity contribution in [3.05, 3.63) is 47.5 Å². The maximum atomic E-state index is 12.9. The van der Waals surface area contributed by atoms with Gasteiger partial charge in [0.1, 0.15) is 47.3 Å². The summed E-state index contributed by atoms with van der Waals surface area (Å²) in [5.74, 6) is -4.28. The maximum absolute atomic E-state index is 12.9. The Hall–Kier alpha value is -4.16. The number of phenols is 2. The highest BCUT2D eigenvalue weighted by atomic mass is 16.6. The van der Waals surface area contributed by atoms with Crippen LogP contribution in [0.25, 0.3) is 0 Å². The molecule has 0 unspecified atom stereocenters. The SMILES string of the molecule is COCCOC(=O)c1cc(O)ccc1OC(=O)C1CCC(C(=O)Oc2ccc(O)cc2C(=O)OCCOC)CC1. The number of phenolic OH excluding ortho intramolecular Hbond substituents is 2. The zero-order valence-electron chi connectivity index (χ0n) is 22.3. The van der Waals surface area contributed by atoms with Crippen LogP contribution in [0.3, 0.4) is 0 Å². The van der Waals surface area contributed by atoms with E-state index in [2.05, 4.69) is 0 Å². The summed E-state index contributed by atoms with van der Waals surface area (Å²) in [5, 5.41) is 19.6. The Kier molecular flexibility index (Phi) is 11.3. The number of carbonyl (C=O) groups excluding carboxylic acids is 4. The maximum Gasteiger partial charge on any atom is 0.342 e. The molecule has 2 N–H and O–H groups in total. The molecule has 216 valence electrons. The average Bonchev–Trinajstić information content (AvgIpc) is 2.95. The first-order valence-electron chi connectivity index (χ1n) is 12.6. The molecule has 0 aromatic heterocycles. The predicted octanol–water partition coefficient (Wildman–Crippen LogP) is 3.02. The van der Waals surface area contributed by atoms with E-state index in [0.717, 1.165) is 12.1 Å². The van der Waals surface area contributed by atoms with E-state index in [1.807, 2.05) is 0 Å². The fourth-order valence-corrected chi connectivity index (χ4v) is 4.07. The van der Waals surface area contributed by atoms with Crippen LogP contribution in [0.1, 0.15) is 46.4 Å². The van der Waals surface area contributed by atoms with Crippen LogP contribution in [-0.2, 0) is 28.5 Å². The lowest BCUT2D eigenvalue weighted by molar-refractivity contribution is -0.145. The summed E-state index contributed by atoms with van der Waals surface area (Å²) in [4.78, 5) is 50.5. The minimum atomic E-state index is -0.779. The quantitative estimate of drug-likeness (QED) is 0.222. The third-order valence-electron chi connectivity index (χ3n) is 6.22. The van der Waals surface area contributed by atoms with E-state index in [1.165, 1.54) is 38.5 Å². The van der Waals surface area contributed by atoms with Gasteiger partial charge in [0.05, 0.1) is 25.0 Å². The number of methoxy groups -OCH3 is 2. The largest absolute Gasteiger partial charge is 0.508 e. The predicted molar refractivity (Wildman–Crippen MR) is 137 cm³/mol. The summed E-state index contributed by atoms with van der Waals surface area (Å²) in [6.45, 7) is 0.327. The van der Waals surface area contributed by atoms with E-state index in [0.29, 0.717) is 25.7 Å². The molecule has 3 rings (SSSR count). The summed E-state index contributed by atoms with van der Waals surface area (Å²) < 4.78 is 30.8. The molecule has 0 aliphatic heterocycles. The fraction of sp³-hybridized carbons (Fsp3) is 0.429. The number of ether oxygens (including phenoxy) is 6. The molecule has 0 saturated heterocycles. The second kappa shape index (κ2) is 14.8. The molecule has 1 aliphatic carbocycles. The smallest absolute Gasteiger partial charge is 0.342 e. The minimum Gasteiger partial charge on any atom is -0.508 e. The Bertz CT molecular complexity index is 1110. The van der Waals surface area contributed by atoms with Gasteiger partial charge in [-0.05, 0) is 62.1 Å². The summed E-state index contributed by atoms with van der Waals surface area (Å²) in [7, 11) is 2.91. The molecule has 2 aromatic carbocycles. The van der Waals surface area contributed by atoms with Crippen molar-refractivity contribution in [2.75, 3.05) is 40.6 Å². The Labute approximate surface area is 230 Å². The van der Waals surface area contributed by atoms with Crippen LogP contribution in [-0.4, -0.2) is 74.7 Å². The molecular formula is C28H32O12. The van der Waals surface area contributed by atoms with E-state index in [1.54, 1.807) is 0 Å². The monoisotopic (exact) mass is 560 g/mol. The van der Waals surface area contributed by atoms with E-state index < -0.39 is 35.7 Å². The zero-order chi connectivity index (χ0) is 29.1. The summed E-state index contributed by atoms with van der Waals surface area (Å²) in [5.41, 5.74) is -0.209. The third-order valence-corrected chi connectivity index (χ3v) is 6.22. The number of esters is 4. The summed E-state index contributed by atoms with van der Waals surface area (Å²) in [6, 6.07) is 7.47. The van der Waals surface area contributed by atoms with Crippen molar-refractivity contribution in [3.8, 4) is 23.0 Å². The number of benzene rings is 2. The molecule has 1 aliphatic rings. The molecule has 12 heteroatoms. The van der Waals surface area contributed by atoms with Gasteiger partial charge >= 0.3 is 23.9 Å². The molecule has 1 fully saturated rings. The van der Waals surface area contributed by atoms with E-state index in [-0.39, 0.29) is 60.6 Å². The highest BCUT2D eigenvalue weighted by Crippen LogP contribution is 2.33. The minimum absolute atomic E-state index is 0.0148. The molecule has 40 heavy (non-hydrogen) atoms. The van der Waals surface area contributed by atoms with Gasteiger partial charge < -0.3 is 38.6 Å². The Morgan fingerprint density at radius 3 is 1.38 bits per heavy atom.